The second-order valence-corrected chi connectivity index (χ2v) is 5.49. The lowest BCUT2D eigenvalue weighted by Crippen LogP contribution is -2.15. The van der Waals surface area contributed by atoms with Gasteiger partial charge in [0.25, 0.3) is 0 Å². The van der Waals surface area contributed by atoms with Crippen LogP contribution in [0.5, 0.6) is 0 Å². The van der Waals surface area contributed by atoms with E-state index in [1.165, 1.54) is 6.07 Å². The van der Waals surface area contributed by atoms with Gasteiger partial charge in [0.2, 0.25) is 0 Å². The van der Waals surface area contributed by atoms with Gasteiger partial charge in [-0.1, -0.05) is 13.8 Å². The standard InChI is InChI=1S/C11H12BrF2N/c1-11(2)4-7(15)8-9(11)6(13)3-5(12)10(8)14/h3,7H,4,15H2,1-2H3/t7-/m0/s1. The predicted octanol–water partition coefficient (Wildman–Crippen LogP) is 3.41. The van der Waals surface area contributed by atoms with Crippen LogP contribution in [0, 0.1) is 11.6 Å². The molecule has 4 heteroatoms. The maximum Gasteiger partial charge on any atom is 0.142 e. The van der Waals surface area contributed by atoms with E-state index in [9.17, 15) is 8.78 Å². The van der Waals surface area contributed by atoms with Crippen molar-refractivity contribution in [3.05, 3.63) is 33.3 Å². The van der Waals surface area contributed by atoms with Crippen molar-refractivity contribution in [2.24, 2.45) is 5.73 Å². The van der Waals surface area contributed by atoms with E-state index in [1.807, 2.05) is 13.8 Å². The Morgan fingerprint density at radius 3 is 2.67 bits per heavy atom. The van der Waals surface area contributed by atoms with Crippen molar-refractivity contribution in [1.82, 2.24) is 0 Å². The minimum Gasteiger partial charge on any atom is -0.324 e. The first kappa shape index (κ1) is 11.0. The second-order valence-electron chi connectivity index (χ2n) is 4.64. The van der Waals surface area contributed by atoms with Crippen LogP contribution in [0.1, 0.15) is 37.4 Å². The lowest BCUT2D eigenvalue weighted by Gasteiger charge is -2.19. The fraction of sp³-hybridized carbons (Fsp3) is 0.455. The molecule has 1 aliphatic carbocycles. The minimum absolute atomic E-state index is 0.145. The summed E-state index contributed by atoms with van der Waals surface area (Å²) >= 11 is 2.99. The van der Waals surface area contributed by atoms with Gasteiger partial charge < -0.3 is 5.73 Å². The first-order valence-corrected chi connectivity index (χ1v) is 5.57. The Kier molecular flexibility index (Phi) is 2.39. The smallest absolute Gasteiger partial charge is 0.142 e. The van der Waals surface area contributed by atoms with Gasteiger partial charge in [0, 0.05) is 17.2 Å². The summed E-state index contributed by atoms with van der Waals surface area (Å²) in [6.07, 6.45) is 0.576. The Hall–Kier alpha value is -0.480. The first-order chi connectivity index (χ1) is 6.84. The first-order valence-electron chi connectivity index (χ1n) is 4.78. The van der Waals surface area contributed by atoms with Crippen molar-refractivity contribution >= 4 is 15.9 Å². The topological polar surface area (TPSA) is 26.0 Å². The van der Waals surface area contributed by atoms with Crippen molar-refractivity contribution in [3.63, 3.8) is 0 Å². The molecule has 1 nitrogen and oxygen atoms in total. The molecule has 0 saturated carbocycles. The van der Waals surface area contributed by atoms with Crippen LogP contribution in [0.15, 0.2) is 10.5 Å². The lowest BCUT2D eigenvalue weighted by molar-refractivity contribution is 0.461. The van der Waals surface area contributed by atoms with Crippen molar-refractivity contribution < 1.29 is 8.78 Å². The molecule has 2 rings (SSSR count). The quantitative estimate of drug-likeness (QED) is 0.722. The molecular weight excluding hydrogens is 264 g/mol. The summed E-state index contributed by atoms with van der Waals surface area (Å²) in [5.74, 6) is -0.805. The third-order valence-corrected chi connectivity index (χ3v) is 3.56. The Morgan fingerprint density at radius 2 is 2.07 bits per heavy atom. The number of fused-ring (bicyclic) bond motifs is 1. The zero-order valence-corrected chi connectivity index (χ0v) is 10.2. The van der Waals surface area contributed by atoms with Crippen molar-refractivity contribution in [3.8, 4) is 0 Å². The molecule has 0 radical (unpaired) electrons. The summed E-state index contributed by atoms with van der Waals surface area (Å²) < 4.78 is 27.7. The van der Waals surface area contributed by atoms with E-state index in [0.717, 1.165) is 0 Å². The van der Waals surface area contributed by atoms with Crippen molar-refractivity contribution in [2.75, 3.05) is 0 Å². The molecule has 0 unspecified atom stereocenters. The van der Waals surface area contributed by atoms with Crippen LogP contribution in [0.4, 0.5) is 8.78 Å². The highest BCUT2D eigenvalue weighted by Crippen LogP contribution is 2.47. The predicted molar refractivity (Wildman–Crippen MR) is 58.6 cm³/mol. The normalized spacial score (nSPS) is 22.9. The van der Waals surface area contributed by atoms with Crippen LogP contribution in [0.2, 0.25) is 0 Å². The number of hydrogen-bond donors (Lipinski definition) is 1. The summed E-state index contributed by atoms with van der Waals surface area (Å²) in [5.41, 5.74) is 6.20. The molecule has 0 amide bonds. The van der Waals surface area contributed by atoms with Crippen LogP contribution < -0.4 is 5.73 Å². The molecule has 82 valence electrons. The monoisotopic (exact) mass is 275 g/mol. The van der Waals surface area contributed by atoms with Crippen LogP contribution in [-0.4, -0.2) is 0 Å². The largest absolute Gasteiger partial charge is 0.324 e. The summed E-state index contributed by atoms with van der Waals surface area (Å²) in [6.45, 7) is 3.77. The van der Waals surface area contributed by atoms with Crippen molar-refractivity contribution in [2.45, 2.75) is 31.7 Å². The Bertz CT molecular complexity index is 429. The van der Waals surface area contributed by atoms with E-state index >= 15 is 0 Å². The minimum atomic E-state index is -0.426. The number of rotatable bonds is 0. The van der Waals surface area contributed by atoms with Crippen LogP contribution in [0.3, 0.4) is 0 Å². The van der Waals surface area contributed by atoms with Gasteiger partial charge in [-0.25, -0.2) is 8.78 Å². The van der Waals surface area contributed by atoms with E-state index in [-0.39, 0.29) is 15.7 Å². The van der Waals surface area contributed by atoms with Gasteiger partial charge in [-0.2, -0.15) is 0 Å². The van der Waals surface area contributed by atoms with Gasteiger partial charge in [-0.15, -0.1) is 0 Å². The molecule has 1 aromatic rings. The Morgan fingerprint density at radius 1 is 1.47 bits per heavy atom. The number of nitrogens with two attached hydrogens (primary N) is 1. The van der Waals surface area contributed by atoms with Crippen molar-refractivity contribution in [1.29, 1.82) is 0 Å². The molecule has 0 heterocycles. The van der Waals surface area contributed by atoms with E-state index < -0.39 is 11.9 Å². The number of benzene rings is 1. The maximum absolute atomic E-state index is 13.8. The molecule has 1 atom stereocenters. The molecule has 0 saturated heterocycles. The molecule has 15 heavy (non-hydrogen) atoms. The lowest BCUT2D eigenvalue weighted by atomic mass is 9.86. The van der Waals surface area contributed by atoms with E-state index in [2.05, 4.69) is 15.9 Å². The third-order valence-electron chi connectivity index (χ3n) is 2.99. The SMILES string of the molecule is CC1(C)C[C@H](N)c2c(F)c(Br)cc(F)c21. The van der Waals surface area contributed by atoms with Gasteiger partial charge >= 0.3 is 0 Å². The molecule has 0 bridgehead atoms. The molecular formula is C11H12BrF2N. The number of halogens is 3. The molecule has 1 aromatic carbocycles. The highest BCUT2D eigenvalue weighted by Gasteiger charge is 2.40. The second kappa shape index (κ2) is 3.25. The van der Waals surface area contributed by atoms with Crippen LogP contribution in [-0.2, 0) is 5.41 Å². The molecule has 0 aromatic heterocycles. The van der Waals surface area contributed by atoms with Gasteiger partial charge in [0.05, 0.1) is 4.47 Å². The molecule has 1 aliphatic rings. The van der Waals surface area contributed by atoms with Gasteiger partial charge in [0.15, 0.2) is 0 Å². The van der Waals surface area contributed by atoms with Crippen LogP contribution >= 0.6 is 15.9 Å². The summed E-state index contributed by atoms with van der Waals surface area (Å²) in [6, 6.07) is 0.760. The van der Waals surface area contributed by atoms with Gasteiger partial charge in [-0.05, 0) is 33.8 Å². The van der Waals surface area contributed by atoms with Gasteiger partial charge in [-0.3, -0.25) is 0 Å². The zero-order chi connectivity index (χ0) is 11.4. The summed E-state index contributed by atoms with van der Waals surface area (Å²) in [4.78, 5) is 0. The Labute approximate surface area is 95.8 Å². The average molecular weight is 276 g/mol. The Balaban J connectivity index is 2.78. The van der Waals surface area contributed by atoms with E-state index in [0.29, 0.717) is 17.5 Å². The molecule has 0 fully saturated rings. The summed E-state index contributed by atoms with van der Waals surface area (Å²) in [5, 5.41) is 0. The van der Waals surface area contributed by atoms with E-state index in [1.54, 1.807) is 0 Å². The highest BCUT2D eigenvalue weighted by atomic mass is 79.9. The fourth-order valence-electron chi connectivity index (χ4n) is 2.40. The molecule has 0 aliphatic heterocycles. The average Bonchev–Trinajstić information content (AvgIpc) is 2.32. The zero-order valence-electron chi connectivity index (χ0n) is 8.57. The summed E-state index contributed by atoms with van der Waals surface area (Å²) in [7, 11) is 0. The van der Waals surface area contributed by atoms with Crippen LogP contribution in [0.25, 0.3) is 0 Å². The van der Waals surface area contributed by atoms with E-state index in [4.69, 9.17) is 5.73 Å². The van der Waals surface area contributed by atoms with Gasteiger partial charge in [0.1, 0.15) is 11.6 Å². The molecule has 2 N–H and O–H groups in total. The highest BCUT2D eigenvalue weighted by molar-refractivity contribution is 9.10. The maximum atomic E-state index is 13.8. The molecule has 0 spiro atoms. The fourth-order valence-corrected chi connectivity index (χ4v) is 2.82. The third kappa shape index (κ3) is 1.51. The number of hydrogen-bond acceptors (Lipinski definition) is 1.